The average molecular weight is 136 g/mol. The zero-order valence-electron chi connectivity index (χ0n) is 6.15. The van der Waals surface area contributed by atoms with E-state index < -0.39 is 0 Å². The number of aromatic amines is 1. The fraction of sp³-hybridized carbons (Fsp3) is 0.250. The second-order valence-electron chi connectivity index (χ2n) is 2.04. The van der Waals surface area contributed by atoms with Gasteiger partial charge in [0.1, 0.15) is 5.82 Å². The van der Waals surface area contributed by atoms with Crippen LogP contribution in [0.4, 0.5) is 5.82 Å². The molecule has 0 spiro atoms. The average Bonchev–Trinajstić information content (AvgIpc) is 2.36. The van der Waals surface area contributed by atoms with Gasteiger partial charge in [-0.2, -0.15) is 0 Å². The van der Waals surface area contributed by atoms with Crippen LogP contribution < -0.4 is 5.32 Å². The van der Waals surface area contributed by atoms with Gasteiger partial charge in [0.25, 0.3) is 0 Å². The van der Waals surface area contributed by atoms with E-state index in [1.54, 1.807) is 0 Å². The summed E-state index contributed by atoms with van der Waals surface area (Å²) in [5.74, 6) is 1.05. The van der Waals surface area contributed by atoms with Crippen LogP contribution in [-0.4, -0.2) is 11.5 Å². The zero-order chi connectivity index (χ0) is 7.40. The minimum Gasteiger partial charge on any atom is -0.371 e. The van der Waals surface area contributed by atoms with Crippen molar-refractivity contribution in [3.8, 4) is 0 Å². The molecule has 0 aliphatic heterocycles. The summed E-state index contributed by atoms with van der Waals surface area (Å²) in [6, 6.07) is 1.99. The SMILES string of the molecule is C=Cc1cc[nH]c1NCC. The lowest BCUT2D eigenvalue weighted by atomic mass is 10.3. The van der Waals surface area contributed by atoms with E-state index in [-0.39, 0.29) is 0 Å². The molecule has 0 amide bonds. The van der Waals surface area contributed by atoms with Gasteiger partial charge in [0.15, 0.2) is 0 Å². The second kappa shape index (κ2) is 3.11. The van der Waals surface area contributed by atoms with Crippen molar-refractivity contribution in [3.05, 3.63) is 24.4 Å². The molecule has 0 unspecified atom stereocenters. The van der Waals surface area contributed by atoms with E-state index in [0.717, 1.165) is 17.9 Å². The molecule has 0 saturated heterocycles. The Morgan fingerprint density at radius 3 is 3.20 bits per heavy atom. The van der Waals surface area contributed by atoms with Crippen LogP contribution in [0.2, 0.25) is 0 Å². The van der Waals surface area contributed by atoms with E-state index in [0.29, 0.717) is 0 Å². The second-order valence-corrected chi connectivity index (χ2v) is 2.04. The smallest absolute Gasteiger partial charge is 0.110 e. The number of aromatic nitrogens is 1. The molecule has 0 aliphatic carbocycles. The van der Waals surface area contributed by atoms with Crippen molar-refractivity contribution in [1.29, 1.82) is 0 Å². The van der Waals surface area contributed by atoms with Crippen molar-refractivity contribution >= 4 is 11.9 Å². The normalized spacial score (nSPS) is 9.30. The Morgan fingerprint density at radius 1 is 1.80 bits per heavy atom. The van der Waals surface area contributed by atoms with E-state index in [1.165, 1.54) is 0 Å². The number of rotatable bonds is 3. The molecule has 54 valence electrons. The van der Waals surface area contributed by atoms with Crippen molar-refractivity contribution in [3.63, 3.8) is 0 Å². The summed E-state index contributed by atoms with van der Waals surface area (Å²) in [4.78, 5) is 3.08. The largest absolute Gasteiger partial charge is 0.371 e. The van der Waals surface area contributed by atoms with Gasteiger partial charge in [0.05, 0.1) is 0 Å². The first kappa shape index (κ1) is 6.93. The Hall–Kier alpha value is -1.18. The summed E-state index contributed by atoms with van der Waals surface area (Å²) in [6.45, 7) is 6.68. The van der Waals surface area contributed by atoms with Crippen LogP contribution in [0.25, 0.3) is 6.08 Å². The standard InChI is InChI=1S/C8H12N2/c1-3-7-5-6-10-8(7)9-4-2/h3,5-6,9-10H,1,4H2,2H3. The van der Waals surface area contributed by atoms with Crippen LogP contribution >= 0.6 is 0 Å². The Morgan fingerprint density at radius 2 is 2.60 bits per heavy atom. The lowest BCUT2D eigenvalue weighted by Gasteiger charge is -1.99. The molecule has 1 rings (SSSR count). The van der Waals surface area contributed by atoms with Gasteiger partial charge in [0, 0.05) is 18.3 Å². The maximum atomic E-state index is 3.69. The molecule has 1 heterocycles. The van der Waals surface area contributed by atoms with Gasteiger partial charge in [-0.3, -0.25) is 0 Å². The predicted molar refractivity (Wildman–Crippen MR) is 45.0 cm³/mol. The molecule has 0 atom stereocenters. The van der Waals surface area contributed by atoms with Crippen molar-refractivity contribution in [1.82, 2.24) is 4.98 Å². The summed E-state index contributed by atoms with van der Waals surface area (Å²) in [6.07, 6.45) is 3.73. The third-order valence-electron chi connectivity index (χ3n) is 1.35. The molecule has 1 aromatic rings. The van der Waals surface area contributed by atoms with E-state index in [9.17, 15) is 0 Å². The lowest BCUT2D eigenvalue weighted by molar-refractivity contribution is 1.18. The van der Waals surface area contributed by atoms with E-state index >= 15 is 0 Å². The quantitative estimate of drug-likeness (QED) is 0.654. The van der Waals surface area contributed by atoms with Gasteiger partial charge in [-0.15, -0.1) is 0 Å². The number of hydrogen-bond acceptors (Lipinski definition) is 1. The van der Waals surface area contributed by atoms with Crippen LogP contribution in [0.3, 0.4) is 0 Å². The van der Waals surface area contributed by atoms with Gasteiger partial charge in [-0.1, -0.05) is 12.7 Å². The van der Waals surface area contributed by atoms with Crippen LogP contribution in [0.5, 0.6) is 0 Å². The number of hydrogen-bond donors (Lipinski definition) is 2. The number of H-pyrrole nitrogens is 1. The molecule has 1 aromatic heterocycles. The van der Waals surface area contributed by atoms with E-state index in [2.05, 4.69) is 23.8 Å². The summed E-state index contributed by atoms with van der Waals surface area (Å²) in [7, 11) is 0. The molecule has 2 heteroatoms. The Balaban J connectivity index is 2.79. The first-order valence-electron chi connectivity index (χ1n) is 3.42. The van der Waals surface area contributed by atoms with Crippen LogP contribution in [-0.2, 0) is 0 Å². The third-order valence-corrected chi connectivity index (χ3v) is 1.35. The molecular weight excluding hydrogens is 124 g/mol. The fourth-order valence-corrected chi connectivity index (χ4v) is 0.881. The summed E-state index contributed by atoms with van der Waals surface area (Å²) >= 11 is 0. The van der Waals surface area contributed by atoms with Gasteiger partial charge in [-0.25, -0.2) is 0 Å². The maximum Gasteiger partial charge on any atom is 0.110 e. The Labute approximate surface area is 61.0 Å². The molecule has 0 bridgehead atoms. The number of nitrogens with one attached hydrogen (secondary N) is 2. The fourth-order valence-electron chi connectivity index (χ4n) is 0.881. The van der Waals surface area contributed by atoms with Gasteiger partial charge in [-0.05, 0) is 13.0 Å². The highest BCUT2D eigenvalue weighted by atomic mass is 15.0. The molecule has 2 nitrogen and oxygen atoms in total. The molecule has 2 N–H and O–H groups in total. The molecular formula is C8H12N2. The van der Waals surface area contributed by atoms with Gasteiger partial charge < -0.3 is 10.3 Å². The summed E-state index contributed by atoms with van der Waals surface area (Å²) in [5.41, 5.74) is 1.13. The van der Waals surface area contributed by atoms with Crippen LogP contribution in [0.1, 0.15) is 12.5 Å². The summed E-state index contributed by atoms with van der Waals surface area (Å²) in [5, 5.41) is 3.18. The summed E-state index contributed by atoms with van der Waals surface area (Å²) < 4.78 is 0. The number of anilines is 1. The molecule has 0 fully saturated rings. The zero-order valence-corrected chi connectivity index (χ0v) is 6.15. The van der Waals surface area contributed by atoms with Gasteiger partial charge in [0.2, 0.25) is 0 Å². The monoisotopic (exact) mass is 136 g/mol. The molecule has 0 saturated carbocycles. The van der Waals surface area contributed by atoms with E-state index in [4.69, 9.17) is 0 Å². The molecule has 0 radical (unpaired) electrons. The minimum atomic E-state index is 0.932. The van der Waals surface area contributed by atoms with Gasteiger partial charge >= 0.3 is 0 Å². The van der Waals surface area contributed by atoms with Crippen LogP contribution in [0, 0.1) is 0 Å². The van der Waals surface area contributed by atoms with Crippen molar-refractivity contribution < 1.29 is 0 Å². The Kier molecular flexibility index (Phi) is 2.15. The highest BCUT2D eigenvalue weighted by Gasteiger charge is 1.95. The maximum absolute atomic E-state index is 3.69. The highest BCUT2D eigenvalue weighted by Crippen LogP contribution is 2.12. The topological polar surface area (TPSA) is 27.8 Å². The molecule has 0 aliphatic rings. The minimum absolute atomic E-state index is 0.932. The predicted octanol–water partition coefficient (Wildman–Crippen LogP) is 2.09. The Bertz CT molecular complexity index is 213. The van der Waals surface area contributed by atoms with E-state index in [1.807, 2.05) is 18.3 Å². The lowest BCUT2D eigenvalue weighted by Crippen LogP contribution is -1.97. The highest BCUT2D eigenvalue weighted by molar-refractivity contribution is 5.62. The third kappa shape index (κ3) is 1.21. The molecule has 10 heavy (non-hydrogen) atoms. The first-order valence-corrected chi connectivity index (χ1v) is 3.42. The van der Waals surface area contributed by atoms with Crippen molar-refractivity contribution in [2.75, 3.05) is 11.9 Å². The molecule has 0 aromatic carbocycles. The first-order chi connectivity index (χ1) is 4.88. The van der Waals surface area contributed by atoms with Crippen LogP contribution in [0.15, 0.2) is 18.8 Å². The van der Waals surface area contributed by atoms with Crippen molar-refractivity contribution in [2.24, 2.45) is 0 Å². The van der Waals surface area contributed by atoms with Crippen molar-refractivity contribution in [2.45, 2.75) is 6.92 Å².